The maximum atomic E-state index is 13.6. The first kappa shape index (κ1) is 25.2. The molecule has 188 valence electrons. The zero-order valence-electron chi connectivity index (χ0n) is 19.2. The zero-order chi connectivity index (χ0) is 25.3. The summed E-state index contributed by atoms with van der Waals surface area (Å²) in [6.45, 7) is 0.942. The number of rotatable bonds is 5. The van der Waals surface area contributed by atoms with Crippen molar-refractivity contribution >= 4 is 34.9 Å². The Morgan fingerprint density at radius 3 is 2.34 bits per heavy atom. The van der Waals surface area contributed by atoms with Gasteiger partial charge < -0.3 is 20.2 Å². The van der Waals surface area contributed by atoms with Crippen LogP contribution in [0.15, 0.2) is 42.5 Å². The first-order valence-corrected chi connectivity index (χ1v) is 11.9. The second-order valence-corrected chi connectivity index (χ2v) is 9.36. The van der Waals surface area contributed by atoms with Gasteiger partial charge in [0, 0.05) is 31.1 Å². The van der Waals surface area contributed by atoms with E-state index < -0.39 is 29.8 Å². The average Bonchev–Trinajstić information content (AvgIpc) is 3.28. The lowest BCUT2D eigenvalue weighted by molar-refractivity contribution is -0.152. The van der Waals surface area contributed by atoms with E-state index in [1.807, 2.05) is 17.0 Å². The fraction of sp³-hybridized carbons (Fsp3) is 0.440. The van der Waals surface area contributed by atoms with Crippen LogP contribution in [0.2, 0.25) is 5.02 Å². The van der Waals surface area contributed by atoms with Crippen molar-refractivity contribution in [1.29, 1.82) is 0 Å². The van der Waals surface area contributed by atoms with Gasteiger partial charge in [0.15, 0.2) is 0 Å². The molecule has 0 aliphatic carbocycles. The Morgan fingerprint density at radius 1 is 1.06 bits per heavy atom. The highest BCUT2D eigenvalue weighted by Crippen LogP contribution is 2.42. The van der Waals surface area contributed by atoms with E-state index in [1.54, 1.807) is 19.2 Å². The van der Waals surface area contributed by atoms with E-state index in [9.17, 15) is 27.9 Å². The number of hydrogen-bond acceptors (Lipinski definition) is 4. The van der Waals surface area contributed by atoms with Crippen molar-refractivity contribution in [3.8, 4) is 0 Å². The van der Waals surface area contributed by atoms with Gasteiger partial charge in [0.05, 0.1) is 23.0 Å². The summed E-state index contributed by atoms with van der Waals surface area (Å²) in [5.41, 5.74) is 1.03. The Labute approximate surface area is 206 Å². The monoisotopic (exact) mass is 509 g/mol. The number of piperidine rings is 1. The SMILES string of the molecule is CNc1cc(C(F)(F)F)ccc1N1CCC(C(=O)N2C(C(=O)O)CCC2c2ccccc2Cl)CC1. The van der Waals surface area contributed by atoms with Crippen LogP contribution >= 0.6 is 11.6 Å². The van der Waals surface area contributed by atoms with Crippen LogP contribution in [0.4, 0.5) is 24.5 Å². The summed E-state index contributed by atoms with van der Waals surface area (Å²) < 4.78 is 39.3. The van der Waals surface area contributed by atoms with Crippen LogP contribution in [0.25, 0.3) is 0 Å². The minimum atomic E-state index is -4.43. The predicted octanol–water partition coefficient (Wildman–Crippen LogP) is 5.43. The standard InChI is InChI=1S/C25H27ClF3N3O3/c1-30-19-14-16(25(27,28)29)6-7-21(19)31-12-10-15(11-13-31)23(33)32-20(8-9-22(32)24(34)35)17-4-2-3-5-18(17)26/h2-7,14-15,20,22,30H,8-13H2,1H3,(H,34,35). The largest absolute Gasteiger partial charge is 0.480 e. The Balaban J connectivity index is 1.51. The maximum Gasteiger partial charge on any atom is 0.416 e. The molecule has 2 atom stereocenters. The first-order chi connectivity index (χ1) is 16.6. The van der Waals surface area contributed by atoms with Gasteiger partial charge in [0.2, 0.25) is 5.91 Å². The molecule has 0 aromatic heterocycles. The van der Waals surface area contributed by atoms with Crippen molar-refractivity contribution in [2.75, 3.05) is 30.4 Å². The molecule has 0 radical (unpaired) electrons. The normalized spacial score (nSPS) is 21.3. The number of carboxylic acids is 1. The Morgan fingerprint density at radius 2 is 1.74 bits per heavy atom. The van der Waals surface area contributed by atoms with Gasteiger partial charge in [-0.2, -0.15) is 13.2 Å². The number of amides is 1. The van der Waals surface area contributed by atoms with E-state index in [0.717, 1.165) is 17.7 Å². The number of halogens is 4. The molecule has 6 nitrogen and oxygen atoms in total. The number of hydrogen-bond donors (Lipinski definition) is 2. The fourth-order valence-electron chi connectivity index (χ4n) is 5.18. The van der Waals surface area contributed by atoms with Gasteiger partial charge in [-0.1, -0.05) is 29.8 Å². The van der Waals surface area contributed by atoms with E-state index in [0.29, 0.717) is 55.2 Å². The minimum absolute atomic E-state index is 0.208. The molecule has 2 N–H and O–H groups in total. The van der Waals surface area contributed by atoms with Crippen molar-refractivity contribution in [2.45, 2.75) is 43.9 Å². The van der Waals surface area contributed by atoms with E-state index in [-0.39, 0.29) is 11.8 Å². The molecule has 10 heteroatoms. The summed E-state index contributed by atoms with van der Waals surface area (Å²) in [6.07, 6.45) is -2.62. The molecule has 1 amide bonds. The number of carboxylic acid groups (broad SMARTS) is 1. The van der Waals surface area contributed by atoms with Gasteiger partial charge in [0.25, 0.3) is 0 Å². The number of aliphatic carboxylic acids is 1. The van der Waals surface area contributed by atoms with Crippen molar-refractivity contribution in [3.05, 3.63) is 58.6 Å². The third-order valence-electron chi connectivity index (χ3n) is 6.97. The van der Waals surface area contributed by atoms with Crippen molar-refractivity contribution < 1.29 is 27.9 Å². The van der Waals surface area contributed by atoms with E-state index in [2.05, 4.69) is 5.32 Å². The molecule has 0 bridgehead atoms. The number of anilines is 2. The van der Waals surface area contributed by atoms with Gasteiger partial charge in [0.1, 0.15) is 6.04 Å². The highest BCUT2D eigenvalue weighted by atomic mass is 35.5. The molecule has 2 heterocycles. The summed E-state index contributed by atoms with van der Waals surface area (Å²) in [4.78, 5) is 29.0. The molecule has 0 spiro atoms. The second kappa shape index (κ2) is 9.97. The quantitative estimate of drug-likeness (QED) is 0.562. The number of nitrogens with one attached hydrogen (secondary N) is 1. The second-order valence-electron chi connectivity index (χ2n) is 8.96. The number of carbonyl (C=O) groups is 2. The summed E-state index contributed by atoms with van der Waals surface area (Å²) in [6, 6.07) is 9.45. The number of likely N-dealkylation sites (tertiary alicyclic amines) is 1. The highest BCUT2D eigenvalue weighted by molar-refractivity contribution is 6.31. The van der Waals surface area contributed by atoms with Crippen molar-refractivity contribution in [1.82, 2.24) is 4.90 Å². The Kier molecular flexibility index (Phi) is 7.17. The van der Waals surface area contributed by atoms with Crippen molar-refractivity contribution in [2.24, 2.45) is 5.92 Å². The van der Waals surface area contributed by atoms with Crippen LogP contribution in [0.5, 0.6) is 0 Å². The minimum Gasteiger partial charge on any atom is -0.480 e. The molecule has 2 aliphatic heterocycles. The lowest BCUT2D eigenvalue weighted by Crippen LogP contribution is -2.47. The number of carbonyl (C=O) groups excluding carboxylic acids is 1. The van der Waals surface area contributed by atoms with Gasteiger partial charge in [-0.05, 0) is 55.5 Å². The zero-order valence-corrected chi connectivity index (χ0v) is 19.9. The number of nitrogens with zero attached hydrogens (tertiary/aromatic N) is 2. The van der Waals surface area contributed by atoms with Crippen LogP contribution in [-0.2, 0) is 15.8 Å². The van der Waals surface area contributed by atoms with Crippen LogP contribution in [0.1, 0.15) is 42.9 Å². The van der Waals surface area contributed by atoms with Crippen LogP contribution in [0.3, 0.4) is 0 Å². The molecule has 0 saturated carbocycles. The molecule has 35 heavy (non-hydrogen) atoms. The molecular formula is C25H27ClF3N3O3. The van der Waals surface area contributed by atoms with Gasteiger partial charge in [-0.15, -0.1) is 0 Å². The highest BCUT2D eigenvalue weighted by Gasteiger charge is 2.44. The molecule has 2 fully saturated rings. The summed E-state index contributed by atoms with van der Waals surface area (Å²) in [5.74, 6) is -1.61. The lowest BCUT2D eigenvalue weighted by atomic mass is 9.93. The van der Waals surface area contributed by atoms with Gasteiger partial charge in [-0.25, -0.2) is 4.79 Å². The molecule has 2 unspecified atom stereocenters. The van der Waals surface area contributed by atoms with Gasteiger partial charge in [-0.3, -0.25) is 4.79 Å². The van der Waals surface area contributed by atoms with Crippen LogP contribution < -0.4 is 10.2 Å². The van der Waals surface area contributed by atoms with E-state index >= 15 is 0 Å². The van der Waals surface area contributed by atoms with E-state index in [1.165, 1.54) is 11.0 Å². The van der Waals surface area contributed by atoms with E-state index in [4.69, 9.17) is 11.6 Å². The van der Waals surface area contributed by atoms with Crippen LogP contribution in [0, 0.1) is 5.92 Å². The number of benzene rings is 2. The Hall–Kier alpha value is -2.94. The molecule has 2 aromatic carbocycles. The average molecular weight is 510 g/mol. The molecule has 2 aromatic rings. The predicted molar refractivity (Wildman–Crippen MR) is 128 cm³/mol. The molecular weight excluding hydrogens is 483 g/mol. The topological polar surface area (TPSA) is 72.9 Å². The summed E-state index contributed by atoms with van der Waals surface area (Å²) >= 11 is 6.37. The van der Waals surface area contributed by atoms with Gasteiger partial charge >= 0.3 is 12.1 Å². The summed E-state index contributed by atoms with van der Waals surface area (Å²) in [5, 5.41) is 13.1. The smallest absolute Gasteiger partial charge is 0.416 e. The third kappa shape index (κ3) is 5.05. The third-order valence-corrected chi connectivity index (χ3v) is 7.31. The lowest BCUT2D eigenvalue weighted by Gasteiger charge is -2.38. The first-order valence-electron chi connectivity index (χ1n) is 11.5. The maximum absolute atomic E-state index is 13.6. The van der Waals surface area contributed by atoms with Crippen LogP contribution in [-0.4, -0.2) is 48.1 Å². The fourth-order valence-corrected chi connectivity index (χ4v) is 5.44. The molecule has 2 saturated heterocycles. The molecule has 2 aliphatic rings. The number of alkyl halides is 3. The molecule has 4 rings (SSSR count). The Bertz CT molecular complexity index is 1100. The summed E-state index contributed by atoms with van der Waals surface area (Å²) in [7, 11) is 1.57. The van der Waals surface area contributed by atoms with Crippen molar-refractivity contribution in [3.63, 3.8) is 0 Å².